The van der Waals surface area contributed by atoms with Crippen LogP contribution in [-0.2, 0) is 0 Å². The highest BCUT2D eigenvalue weighted by Gasteiger charge is 2.11. The Morgan fingerprint density at radius 3 is 2.85 bits per heavy atom. The van der Waals surface area contributed by atoms with Gasteiger partial charge in [0.1, 0.15) is 5.39 Å². The van der Waals surface area contributed by atoms with Crippen LogP contribution < -0.4 is 10.9 Å². The number of nitrogens with zero attached hydrogens (tertiary/aromatic N) is 4. The average molecular weight is 267 g/mol. The molecule has 98 valence electrons. The summed E-state index contributed by atoms with van der Waals surface area (Å²) in [5.74, 6) is 0.728. The molecule has 3 N–H and O–H groups in total. The predicted octanol–water partition coefficient (Wildman–Crippen LogP) is 1.04. The van der Waals surface area contributed by atoms with Gasteiger partial charge in [0.25, 0.3) is 11.3 Å². The number of aromatic nitrogens is 6. The summed E-state index contributed by atoms with van der Waals surface area (Å²) >= 11 is 0. The summed E-state index contributed by atoms with van der Waals surface area (Å²) in [6.45, 7) is 0. The lowest BCUT2D eigenvalue weighted by atomic mass is 10.3. The smallest absolute Gasteiger partial charge is 0.285 e. The third-order valence-electron chi connectivity index (χ3n) is 2.93. The summed E-state index contributed by atoms with van der Waals surface area (Å²) in [4.78, 5) is 20.6. The highest BCUT2D eigenvalue weighted by Crippen LogP contribution is 2.12. The van der Waals surface area contributed by atoms with Crippen LogP contribution in [0.5, 0.6) is 0 Å². The zero-order valence-electron chi connectivity index (χ0n) is 10.2. The van der Waals surface area contributed by atoms with Gasteiger partial charge >= 0.3 is 0 Å². The van der Waals surface area contributed by atoms with Crippen LogP contribution in [0.3, 0.4) is 0 Å². The van der Waals surface area contributed by atoms with Crippen molar-refractivity contribution in [2.75, 3.05) is 5.32 Å². The number of aromatic amines is 2. The standard InChI is InChI=1S/C12H9N7O/c20-10-8-6-13-17-9(8)15-12-16-11(18-19(10)12)14-7-4-2-1-3-5-7/h1-6H,(H3,13,14,15,16,17,18). The molecule has 20 heavy (non-hydrogen) atoms. The predicted molar refractivity (Wildman–Crippen MR) is 73.0 cm³/mol. The second-order valence-corrected chi connectivity index (χ2v) is 4.25. The molecule has 3 heterocycles. The maximum atomic E-state index is 12.2. The Labute approximate surface area is 111 Å². The van der Waals surface area contributed by atoms with Gasteiger partial charge in [-0.25, -0.2) is 0 Å². The first kappa shape index (κ1) is 10.7. The van der Waals surface area contributed by atoms with Crippen molar-refractivity contribution in [1.82, 2.24) is 29.8 Å². The first-order valence-electron chi connectivity index (χ1n) is 5.95. The molecule has 0 bridgehead atoms. The van der Waals surface area contributed by atoms with Gasteiger partial charge in [0, 0.05) is 5.69 Å². The topological polar surface area (TPSA) is 104 Å². The van der Waals surface area contributed by atoms with Gasteiger partial charge < -0.3 is 5.32 Å². The number of fused-ring (bicyclic) bond motifs is 2. The first-order valence-corrected chi connectivity index (χ1v) is 5.95. The maximum Gasteiger partial charge on any atom is 0.285 e. The van der Waals surface area contributed by atoms with Crippen LogP contribution in [0, 0.1) is 0 Å². The second kappa shape index (κ2) is 3.92. The van der Waals surface area contributed by atoms with Crippen LogP contribution in [0.4, 0.5) is 11.6 Å². The molecule has 4 aromatic rings. The lowest BCUT2D eigenvalue weighted by Crippen LogP contribution is -2.14. The van der Waals surface area contributed by atoms with Gasteiger partial charge in [0.15, 0.2) is 5.65 Å². The highest BCUT2D eigenvalue weighted by atomic mass is 16.1. The molecule has 1 aromatic carbocycles. The second-order valence-electron chi connectivity index (χ2n) is 4.25. The van der Waals surface area contributed by atoms with Crippen molar-refractivity contribution in [3.63, 3.8) is 0 Å². The third-order valence-corrected chi connectivity index (χ3v) is 2.93. The molecule has 0 amide bonds. The van der Waals surface area contributed by atoms with Crippen LogP contribution in [0.2, 0.25) is 0 Å². The van der Waals surface area contributed by atoms with Crippen molar-refractivity contribution in [2.45, 2.75) is 0 Å². The van der Waals surface area contributed by atoms with Crippen LogP contribution >= 0.6 is 0 Å². The number of hydrogen-bond acceptors (Lipinski definition) is 5. The fourth-order valence-electron chi connectivity index (χ4n) is 2.00. The highest BCUT2D eigenvalue weighted by molar-refractivity contribution is 5.74. The van der Waals surface area contributed by atoms with Crippen molar-refractivity contribution in [3.8, 4) is 0 Å². The van der Waals surface area contributed by atoms with Gasteiger partial charge in [0.2, 0.25) is 5.95 Å². The minimum atomic E-state index is -0.243. The number of rotatable bonds is 2. The van der Waals surface area contributed by atoms with Crippen molar-refractivity contribution >= 4 is 28.4 Å². The summed E-state index contributed by atoms with van der Waals surface area (Å²) in [6.07, 6.45) is 1.45. The Balaban J connectivity index is 1.86. The van der Waals surface area contributed by atoms with Crippen LogP contribution in [-0.4, -0.2) is 29.8 Å². The summed E-state index contributed by atoms with van der Waals surface area (Å²) in [7, 11) is 0. The third kappa shape index (κ3) is 1.55. The first-order chi connectivity index (χ1) is 9.81. The van der Waals surface area contributed by atoms with E-state index in [1.807, 2.05) is 30.3 Å². The summed E-state index contributed by atoms with van der Waals surface area (Å²) in [5, 5.41) is 12.8. The molecule has 0 atom stereocenters. The van der Waals surface area contributed by atoms with E-state index in [9.17, 15) is 4.79 Å². The van der Waals surface area contributed by atoms with Gasteiger partial charge in [-0.3, -0.25) is 15.0 Å². The SMILES string of the molecule is O=c1c2cn[nH]c2nc2nc(Nc3ccccc3)[nH]n12. The molecule has 0 fully saturated rings. The molecule has 3 aromatic heterocycles. The minimum Gasteiger partial charge on any atom is -0.325 e. The van der Waals surface area contributed by atoms with Crippen molar-refractivity contribution < 1.29 is 0 Å². The van der Waals surface area contributed by atoms with E-state index in [4.69, 9.17) is 0 Å². The summed E-state index contributed by atoms with van der Waals surface area (Å²) in [6, 6.07) is 9.54. The minimum absolute atomic E-state index is 0.243. The number of hydrogen-bond donors (Lipinski definition) is 3. The molecule has 0 radical (unpaired) electrons. The van der Waals surface area contributed by atoms with Crippen molar-refractivity contribution in [1.29, 1.82) is 0 Å². The Kier molecular flexibility index (Phi) is 2.10. The van der Waals surface area contributed by atoms with E-state index in [0.717, 1.165) is 5.69 Å². The largest absolute Gasteiger partial charge is 0.325 e. The molecular formula is C12H9N7O. The number of anilines is 2. The van der Waals surface area contributed by atoms with E-state index in [1.54, 1.807) is 0 Å². The summed E-state index contributed by atoms with van der Waals surface area (Å²) < 4.78 is 1.28. The van der Waals surface area contributed by atoms with Gasteiger partial charge in [-0.05, 0) is 12.1 Å². The molecule has 8 nitrogen and oxygen atoms in total. The molecule has 4 rings (SSSR count). The van der Waals surface area contributed by atoms with Crippen molar-refractivity contribution in [2.24, 2.45) is 0 Å². The molecule has 0 aliphatic heterocycles. The zero-order chi connectivity index (χ0) is 13.5. The zero-order valence-corrected chi connectivity index (χ0v) is 10.2. The fourth-order valence-corrected chi connectivity index (χ4v) is 2.00. The molecule has 0 aliphatic carbocycles. The molecule has 8 heteroatoms. The van der Waals surface area contributed by atoms with E-state index < -0.39 is 0 Å². The summed E-state index contributed by atoms with van der Waals surface area (Å²) in [5.41, 5.74) is 1.05. The van der Waals surface area contributed by atoms with Gasteiger partial charge in [-0.1, -0.05) is 18.2 Å². The molecule has 0 spiro atoms. The van der Waals surface area contributed by atoms with E-state index >= 15 is 0 Å². The number of nitrogens with one attached hydrogen (secondary N) is 3. The maximum absolute atomic E-state index is 12.2. The van der Waals surface area contributed by atoms with E-state index in [0.29, 0.717) is 17.0 Å². The Morgan fingerprint density at radius 2 is 2.00 bits per heavy atom. The molecule has 0 aliphatic rings. The van der Waals surface area contributed by atoms with Crippen LogP contribution in [0.15, 0.2) is 41.3 Å². The van der Waals surface area contributed by atoms with E-state index in [-0.39, 0.29) is 11.3 Å². The number of H-pyrrole nitrogens is 2. The Hall–Kier alpha value is -3.16. The van der Waals surface area contributed by atoms with Gasteiger partial charge in [-0.2, -0.15) is 19.6 Å². The molecule has 0 saturated heterocycles. The van der Waals surface area contributed by atoms with Crippen LogP contribution in [0.25, 0.3) is 16.8 Å². The fraction of sp³-hybridized carbons (Fsp3) is 0. The number of benzene rings is 1. The Morgan fingerprint density at radius 1 is 1.15 bits per heavy atom. The molecular weight excluding hydrogens is 258 g/mol. The van der Waals surface area contributed by atoms with Crippen molar-refractivity contribution in [3.05, 3.63) is 46.9 Å². The Bertz CT molecular complexity index is 950. The van der Waals surface area contributed by atoms with E-state index in [2.05, 4.69) is 30.6 Å². The quantitative estimate of drug-likeness (QED) is 0.503. The normalized spacial score (nSPS) is 11.2. The molecule has 0 unspecified atom stereocenters. The monoisotopic (exact) mass is 267 g/mol. The van der Waals surface area contributed by atoms with Gasteiger partial charge in [-0.15, -0.1) is 0 Å². The molecule has 0 saturated carbocycles. The average Bonchev–Trinajstić information content (AvgIpc) is 3.07. The van der Waals surface area contributed by atoms with Crippen LogP contribution in [0.1, 0.15) is 0 Å². The van der Waals surface area contributed by atoms with E-state index in [1.165, 1.54) is 10.7 Å². The lowest BCUT2D eigenvalue weighted by Gasteiger charge is -1.99. The number of para-hydroxylation sites is 1. The van der Waals surface area contributed by atoms with Gasteiger partial charge in [0.05, 0.1) is 6.20 Å². The lowest BCUT2D eigenvalue weighted by molar-refractivity contribution is 0.918.